The van der Waals surface area contributed by atoms with Gasteiger partial charge in [-0.2, -0.15) is 13.2 Å². The molecule has 35 heavy (non-hydrogen) atoms. The second-order valence-electron chi connectivity index (χ2n) is 7.64. The number of benzene rings is 1. The number of pyridine rings is 1. The van der Waals surface area contributed by atoms with E-state index in [1.54, 1.807) is 25.1 Å². The highest BCUT2D eigenvalue weighted by Gasteiger charge is 2.38. The van der Waals surface area contributed by atoms with Crippen LogP contribution in [0.4, 0.5) is 13.2 Å². The van der Waals surface area contributed by atoms with Gasteiger partial charge in [-0.3, -0.25) is 9.59 Å². The van der Waals surface area contributed by atoms with Crippen LogP contribution in [0, 0.1) is 0 Å². The number of nitrogens with zero attached hydrogens (tertiary/aromatic N) is 1. The molecule has 0 amide bonds. The molecule has 0 N–H and O–H groups in total. The van der Waals surface area contributed by atoms with Gasteiger partial charge in [-0.25, -0.2) is 0 Å². The zero-order valence-electron chi connectivity index (χ0n) is 20.1. The monoisotopic (exact) mass is 515 g/mol. The Morgan fingerprint density at radius 3 is 2.43 bits per heavy atom. The third-order valence-electron chi connectivity index (χ3n) is 5.23. The topological polar surface area (TPSA) is 66.8 Å². The van der Waals surface area contributed by atoms with Crippen molar-refractivity contribution in [1.82, 2.24) is 4.57 Å². The van der Waals surface area contributed by atoms with Gasteiger partial charge in [0.2, 0.25) is 5.12 Å². The molecule has 1 aromatic carbocycles. The van der Waals surface area contributed by atoms with Gasteiger partial charge in [0, 0.05) is 23.8 Å². The van der Waals surface area contributed by atoms with E-state index in [0.717, 1.165) is 18.2 Å². The van der Waals surface area contributed by atoms with Gasteiger partial charge in [0.1, 0.15) is 17.9 Å². The van der Waals surface area contributed by atoms with Crippen molar-refractivity contribution in [2.24, 2.45) is 0 Å². The number of aromatic nitrogens is 1. The molecule has 194 valence electrons. The van der Waals surface area contributed by atoms with Gasteiger partial charge in [-0.05, 0) is 36.6 Å². The maximum Gasteiger partial charge on any atom is 0.421 e. The quantitative estimate of drug-likeness (QED) is 0.239. The average Bonchev–Trinajstić information content (AvgIpc) is 2.82. The molecule has 6 nitrogen and oxygen atoms in total. The number of carbonyl (C=O) groups excluding carboxylic acids is 1. The molecule has 0 spiro atoms. The summed E-state index contributed by atoms with van der Waals surface area (Å²) in [6.45, 7) is 8.82. The first-order valence-corrected chi connectivity index (χ1v) is 12.6. The summed E-state index contributed by atoms with van der Waals surface area (Å²) in [5.41, 5.74) is -1.65. The molecule has 2 rings (SSSR count). The van der Waals surface area contributed by atoms with Crippen molar-refractivity contribution >= 4 is 27.8 Å². The molecule has 0 aliphatic heterocycles. The fourth-order valence-electron chi connectivity index (χ4n) is 3.59. The van der Waals surface area contributed by atoms with Gasteiger partial charge in [0.05, 0.1) is 31.9 Å². The number of rotatable bonds is 15. The summed E-state index contributed by atoms with van der Waals surface area (Å²) in [5, 5.41) is 0.314. The molecular formula is C25H32F3NO5S. The molecule has 0 aliphatic rings. The third-order valence-corrected chi connectivity index (χ3v) is 6.05. The van der Waals surface area contributed by atoms with Gasteiger partial charge in [-0.15, -0.1) is 0 Å². The molecule has 1 heterocycles. The minimum absolute atomic E-state index is 0.00684. The minimum Gasteiger partial charge on any atom is -0.491 e. The summed E-state index contributed by atoms with van der Waals surface area (Å²) in [6.07, 6.45) is -2.04. The van der Waals surface area contributed by atoms with Crippen LogP contribution in [0.15, 0.2) is 35.6 Å². The minimum atomic E-state index is -4.72. The highest BCUT2D eigenvalue weighted by molar-refractivity contribution is 8.14. The summed E-state index contributed by atoms with van der Waals surface area (Å²) in [4.78, 5) is 23.9. The zero-order chi connectivity index (χ0) is 25.8. The summed E-state index contributed by atoms with van der Waals surface area (Å²) >= 11 is 1.14. The number of hydrogen-bond donors (Lipinski definition) is 0. The first kappa shape index (κ1) is 28.9. The van der Waals surface area contributed by atoms with Crippen molar-refractivity contribution in [2.75, 3.05) is 38.8 Å². The molecule has 2 aromatic rings. The van der Waals surface area contributed by atoms with E-state index in [4.69, 9.17) is 14.2 Å². The van der Waals surface area contributed by atoms with Gasteiger partial charge in [-0.1, -0.05) is 38.6 Å². The second kappa shape index (κ2) is 14.3. The van der Waals surface area contributed by atoms with Crippen LogP contribution in [0.1, 0.15) is 37.8 Å². The molecule has 0 atom stereocenters. The molecule has 0 saturated carbocycles. The fourth-order valence-corrected chi connectivity index (χ4v) is 4.11. The second-order valence-corrected chi connectivity index (χ2v) is 8.74. The number of aryl methyl sites for hydroxylation is 2. The number of alkyl halides is 3. The van der Waals surface area contributed by atoms with Crippen LogP contribution in [0.5, 0.6) is 5.75 Å². The van der Waals surface area contributed by atoms with E-state index < -0.39 is 17.3 Å². The Hall–Kier alpha value is -2.30. The fraction of sp³-hybridized carbons (Fsp3) is 0.520. The van der Waals surface area contributed by atoms with Crippen LogP contribution in [-0.4, -0.2) is 48.5 Å². The van der Waals surface area contributed by atoms with Crippen LogP contribution >= 0.6 is 11.8 Å². The van der Waals surface area contributed by atoms with E-state index >= 15 is 0 Å². The van der Waals surface area contributed by atoms with E-state index in [1.807, 2.05) is 6.92 Å². The van der Waals surface area contributed by atoms with Gasteiger partial charge < -0.3 is 18.8 Å². The van der Waals surface area contributed by atoms with Gasteiger partial charge in [0.25, 0.3) is 5.56 Å². The molecule has 1 aromatic heterocycles. The highest BCUT2D eigenvalue weighted by atomic mass is 32.2. The summed E-state index contributed by atoms with van der Waals surface area (Å²) in [6, 6.07) is 4.82. The Morgan fingerprint density at radius 1 is 1.11 bits per heavy atom. The standard InChI is InChI=1S/C25H32F3NO5S/c1-4-7-10-29-21-17-18(34-14-13-32-11-12-33-15-16-35-22(30)6-3)8-9-20(21)19(5-2)23(24(29)31)25(26,27)28/h6,8-9,17H,3-5,7,10-16H2,1-2H3. The Morgan fingerprint density at radius 2 is 1.80 bits per heavy atom. The Kier molecular flexibility index (Phi) is 11.8. The molecule has 0 saturated heterocycles. The van der Waals surface area contributed by atoms with Crippen molar-refractivity contribution < 1.29 is 32.2 Å². The van der Waals surface area contributed by atoms with E-state index in [2.05, 4.69) is 6.58 Å². The lowest BCUT2D eigenvalue weighted by atomic mass is 9.99. The predicted molar refractivity (Wildman–Crippen MR) is 132 cm³/mol. The number of halogens is 3. The van der Waals surface area contributed by atoms with Crippen molar-refractivity contribution in [3.8, 4) is 5.75 Å². The van der Waals surface area contributed by atoms with Crippen molar-refractivity contribution in [2.45, 2.75) is 45.8 Å². The van der Waals surface area contributed by atoms with Crippen molar-refractivity contribution in [1.29, 1.82) is 0 Å². The van der Waals surface area contributed by atoms with Crippen LogP contribution in [0.2, 0.25) is 0 Å². The Balaban J connectivity index is 2.01. The van der Waals surface area contributed by atoms with Gasteiger partial charge >= 0.3 is 6.18 Å². The summed E-state index contributed by atoms with van der Waals surface area (Å²) in [5.74, 6) is 0.997. The number of hydrogen-bond acceptors (Lipinski definition) is 6. The SMILES string of the molecule is C=CC(=O)SCCOCCOCCOc1ccc2c(CC)c(C(F)(F)F)c(=O)n(CCCC)c2c1. The van der Waals surface area contributed by atoms with Crippen LogP contribution in [0.3, 0.4) is 0 Å². The zero-order valence-corrected chi connectivity index (χ0v) is 20.9. The highest BCUT2D eigenvalue weighted by Crippen LogP contribution is 2.34. The molecule has 0 fully saturated rings. The van der Waals surface area contributed by atoms with Crippen LogP contribution < -0.4 is 10.3 Å². The summed E-state index contributed by atoms with van der Waals surface area (Å²) in [7, 11) is 0. The third kappa shape index (κ3) is 8.40. The lowest BCUT2D eigenvalue weighted by Gasteiger charge is -2.19. The van der Waals surface area contributed by atoms with E-state index in [9.17, 15) is 22.8 Å². The lowest BCUT2D eigenvalue weighted by Crippen LogP contribution is -2.31. The normalized spacial score (nSPS) is 11.7. The Bertz CT molecular complexity index is 1050. The molecule has 0 unspecified atom stereocenters. The molecule has 0 radical (unpaired) electrons. The van der Waals surface area contributed by atoms with Crippen molar-refractivity contribution in [3.05, 3.63) is 52.3 Å². The molecule has 0 bridgehead atoms. The van der Waals surface area contributed by atoms with Crippen LogP contribution in [0.25, 0.3) is 10.9 Å². The number of carbonyl (C=O) groups is 1. The van der Waals surface area contributed by atoms with E-state index in [0.29, 0.717) is 55.3 Å². The molecule has 0 aliphatic carbocycles. The maximum atomic E-state index is 13.7. The number of fused-ring (bicyclic) bond motifs is 1. The van der Waals surface area contributed by atoms with E-state index in [1.165, 1.54) is 10.6 Å². The predicted octanol–water partition coefficient (Wildman–Crippen LogP) is 5.24. The van der Waals surface area contributed by atoms with E-state index in [-0.39, 0.29) is 30.3 Å². The maximum absolute atomic E-state index is 13.7. The van der Waals surface area contributed by atoms with Crippen LogP contribution in [-0.2, 0) is 33.4 Å². The number of ether oxygens (including phenoxy) is 3. The Labute approximate surface area is 207 Å². The summed E-state index contributed by atoms with van der Waals surface area (Å²) < 4.78 is 58.9. The first-order chi connectivity index (χ1) is 16.7. The number of thioether (sulfide) groups is 1. The number of unbranched alkanes of at least 4 members (excludes halogenated alkanes) is 1. The largest absolute Gasteiger partial charge is 0.491 e. The molecular weight excluding hydrogens is 483 g/mol. The van der Waals surface area contributed by atoms with Crippen molar-refractivity contribution in [3.63, 3.8) is 0 Å². The lowest BCUT2D eigenvalue weighted by molar-refractivity contribution is -0.139. The molecule has 10 heteroatoms. The first-order valence-electron chi connectivity index (χ1n) is 11.6. The average molecular weight is 516 g/mol. The smallest absolute Gasteiger partial charge is 0.421 e. The van der Waals surface area contributed by atoms with Gasteiger partial charge in [0.15, 0.2) is 0 Å².